The molecule has 0 aliphatic heterocycles. The first-order chi connectivity index (χ1) is 8.83. The minimum Gasteiger partial charge on any atom is -0.302 e. The van der Waals surface area contributed by atoms with E-state index >= 15 is 0 Å². The zero-order chi connectivity index (χ0) is 15.0. The smallest absolute Gasteiger partial charge is 0.0418 e. The summed E-state index contributed by atoms with van der Waals surface area (Å²) in [6.07, 6.45) is 3.43. The van der Waals surface area contributed by atoms with Crippen molar-refractivity contribution in [1.82, 2.24) is 4.90 Å². The van der Waals surface area contributed by atoms with Crippen LogP contribution in [-0.4, -0.2) is 37.8 Å². The minimum absolute atomic E-state index is 0.358. The molecule has 110 valence electrons. The van der Waals surface area contributed by atoms with Gasteiger partial charge in [0.25, 0.3) is 0 Å². The van der Waals surface area contributed by atoms with Gasteiger partial charge in [-0.05, 0) is 45.9 Å². The molecule has 0 spiro atoms. The van der Waals surface area contributed by atoms with Crippen LogP contribution in [0.1, 0.15) is 41.0 Å². The average Bonchev–Trinajstić information content (AvgIpc) is 2.26. The molecule has 0 heterocycles. The molecular formula is C17H32N2. The third-order valence-electron chi connectivity index (χ3n) is 3.29. The molecule has 0 amide bonds. The minimum atomic E-state index is 0.358. The van der Waals surface area contributed by atoms with E-state index in [1.165, 1.54) is 17.6 Å². The lowest BCUT2D eigenvalue weighted by Gasteiger charge is -2.22. The van der Waals surface area contributed by atoms with E-state index in [0.29, 0.717) is 11.8 Å². The van der Waals surface area contributed by atoms with Crippen LogP contribution in [0, 0.1) is 11.8 Å². The fourth-order valence-electron chi connectivity index (χ4n) is 2.64. The van der Waals surface area contributed by atoms with Crippen molar-refractivity contribution in [3.8, 4) is 0 Å². The van der Waals surface area contributed by atoms with Gasteiger partial charge >= 0.3 is 0 Å². The summed E-state index contributed by atoms with van der Waals surface area (Å²) in [5.74, 6) is 0.894. The first-order valence-electron chi connectivity index (χ1n) is 7.31. The van der Waals surface area contributed by atoms with Crippen molar-refractivity contribution in [2.24, 2.45) is 16.8 Å². The Balaban J connectivity index is 4.92. The van der Waals surface area contributed by atoms with Crippen LogP contribution in [-0.2, 0) is 0 Å². The Morgan fingerprint density at radius 2 is 1.89 bits per heavy atom. The van der Waals surface area contributed by atoms with Gasteiger partial charge in [0, 0.05) is 25.2 Å². The maximum atomic E-state index is 4.49. The van der Waals surface area contributed by atoms with Crippen molar-refractivity contribution in [2.75, 3.05) is 27.2 Å². The molecule has 2 heteroatoms. The molecule has 0 aliphatic carbocycles. The van der Waals surface area contributed by atoms with Crippen molar-refractivity contribution in [2.45, 2.75) is 41.0 Å². The van der Waals surface area contributed by atoms with Gasteiger partial charge in [0.1, 0.15) is 0 Å². The van der Waals surface area contributed by atoms with Gasteiger partial charge in [0.15, 0.2) is 0 Å². The summed E-state index contributed by atoms with van der Waals surface area (Å²) < 4.78 is 0. The van der Waals surface area contributed by atoms with Gasteiger partial charge in [0.05, 0.1) is 0 Å². The third-order valence-corrected chi connectivity index (χ3v) is 3.29. The number of hydrogen-bond acceptors (Lipinski definition) is 2. The molecule has 0 N–H and O–H groups in total. The summed E-state index contributed by atoms with van der Waals surface area (Å²) in [5.41, 5.74) is 3.72. The van der Waals surface area contributed by atoms with Crippen LogP contribution < -0.4 is 0 Å². The molecule has 0 aromatic rings. The van der Waals surface area contributed by atoms with E-state index in [2.05, 4.69) is 64.2 Å². The van der Waals surface area contributed by atoms with E-state index in [1.54, 1.807) is 0 Å². The molecule has 0 aromatic heterocycles. The lowest BCUT2D eigenvalue weighted by Crippen LogP contribution is -2.23. The highest BCUT2D eigenvalue weighted by Crippen LogP contribution is 2.22. The van der Waals surface area contributed by atoms with E-state index < -0.39 is 0 Å². The van der Waals surface area contributed by atoms with Crippen LogP contribution in [0.4, 0.5) is 0 Å². The van der Waals surface area contributed by atoms with E-state index in [4.69, 9.17) is 0 Å². The zero-order valence-corrected chi connectivity index (χ0v) is 14.0. The van der Waals surface area contributed by atoms with Crippen LogP contribution >= 0.6 is 0 Å². The average molecular weight is 264 g/mol. The first-order valence-corrected chi connectivity index (χ1v) is 7.31. The van der Waals surface area contributed by atoms with E-state index in [-0.39, 0.29) is 0 Å². The SMILES string of the molecule is C=C(C)C(C(/C=C(\C)CN(C)CCC)=NC)C(C)C. The second-order valence-electron chi connectivity index (χ2n) is 5.94. The molecule has 0 fully saturated rings. The number of likely N-dealkylation sites (N-methyl/N-ethyl adjacent to an activating group) is 1. The Labute approximate surface area is 120 Å². The monoisotopic (exact) mass is 264 g/mol. The molecule has 1 atom stereocenters. The second-order valence-corrected chi connectivity index (χ2v) is 5.94. The molecule has 1 unspecified atom stereocenters. The van der Waals surface area contributed by atoms with Gasteiger partial charge in [0.2, 0.25) is 0 Å². The van der Waals surface area contributed by atoms with Crippen LogP contribution in [0.25, 0.3) is 0 Å². The Bertz CT molecular complexity index is 337. The van der Waals surface area contributed by atoms with Gasteiger partial charge in [-0.2, -0.15) is 0 Å². The van der Waals surface area contributed by atoms with Crippen LogP contribution in [0.15, 0.2) is 28.8 Å². The van der Waals surface area contributed by atoms with Gasteiger partial charge in [-0.25, -0.2) is 0 Å². The van der Waals surface area contributed by atoms with Gasteiger partial charge in [-0.1, -0.05) is 38.5 Å². The molecule has 0 saturated heterocycles. The molecular weight excluding hydrogens is 232 g/mol. The normalized spacial score (nSPS) is 15.2. The molecule has 0 radical (unpaired) electrons. The summed E-state index contributed by atoms with van der Waals surface area (Å²) >= 11 is 0. The van der Waals surface area contributed by atoms with Crippen molar-refractivity contribution in [3.63, 3.8) is 0 Å². The molecule has 19 heavy (non-hydrogen) atoms. The van der Waals surface area contributed by atoms with Gasteiger partial charge in [-0.15, -0.1) is 0 Å². The molecule has 0 aromatic carbocycles. The Morgan fingerprint density at radius 3 is 2.26 bits per heavy atom. The molecule has 0 aliphatic rings. The topological polar surface area (TPSA) is 15.6 Å². The predicted molar refractivity (Wildman–Crippen MR) is 88.0 cm³/mol. The maximum absolute atomic E-state index is 4.49. The second kappa shape index (κ2) is 9.08. The lowest BCUT2D eigenvalue weighted by molar-refractivity contribution is 0.363. The Kier molecular flexibility index (Phi) is 8.66. The summed E-state index contributed by atoms with van der Waals surface area (Å²) in [6, 6.07) is 0. The predicted octanol–water partition coefficient (Wildman–Crippen LogP) is 4.19. The zero-order valence-electron chi connectivity index (χ0n) is 14.0. The van der Waals surface area contributed by atoms with Crippen molar-refractivity contribution in [1.29, 1.82) is 0 Å². The summed E-state index contributed by atoms with van der Waals surface area (Å²) in [5, 5.41) is 0. The van der Waals surface area contributed by atoms with Crippen molar-refractivity contribution >= 4 is 5.71 Å². The van der Waals surface area contributed by atoms with Gasteiger partial charge < -0.3 is 4.90 Å². The van der Waals surface area contributed by atoms with E-state index in [1.807, 2.05) is 7.05 Å². The highest BCUT2D eigenvalue weighted by Gasteiger charge is 2.18. The number of hydrogen-bond donors (Lipinski definition) is 0. The maximum Gasteiger partial charge on any atom is 0.0418 e. The summed E-state index contributed by atoms with van der Waals surface area (Å²) in [4.78, 5) is 6.84. The molecule has 2 nitrogen and oxygen atoms in total. The Hall–Kier alpha value is -0.890. The largest absolute Gasteiger partial charge is 0.302 e. The third kappa shape index (κ3) is 6.72. The number of rotatable bonds is 8. The first kappa shape index (κ1) is 18.1. The highest BCUT2D eigenvalue weighted by molar-refractivity contribution is 5.99. The van der Waals surface area contributed by atoms with Gasteiger partial charge in [-0.3, -0.25) is 4.99 Å². The summed E-state index contributed by atoms with van der Waals surface area (Å²) in [7, 11) is 4.05. The molecule has 0 saturated carbocycles. The van der Waals surface area contributed by atoms with Crippen LogP contribution in [0.5, 0.6) is 0 Å². The number of nitrogens with zero attached hydrogens (tertiary/aromatic N) is 2. The Morgan fingerprint density at radius 1 is 1.32 bits per heavy atom. The van der Waals surface area contributed by atoms with Crippen molar-refractivity contribution in [3.05, 3.63) is 23.8 Å². The summed E-state index contributed by atoms with van der Waals surface area (Å²) in [6.45, 7) is 17.2. The number of aliphatic imine (C=N–C) groups is 1. The van der Waals surface area contributed by atoms with Crippen LogP contribution in [0.3, 0.4) is 0 Å². The highest BCUT2D eigenvalue weighted by atomic mass is 15.1. The van der Waals surface area contributed by atoms with Crippen molar-refractivity contribution < 1.29 is 0 Å². The number of allylic oxidation sites excluding steroid dienone is 2. The quantitative estimate of drug-likeness (QED) is 0.474. The fourth-order valence-corrected chi connectivity index (χ4v) is 2.64. The van der Waals surface area contributed by atoms with Crippen LogP contribution in [0.2, 0.25) is 0 Å². The molecule has 0 rings (SSSR count). The standard InChI is InChI=1S/C17H32N2/c1-9-10-19(8)12-15(6)11-16(18-7)17(13(2)3)14(4)5/h11,14,17H,2,9-10,12H2,1,3-8H3/b15-11+,18-16?. The van der Waals surface area contributed by atoms with E-state index in [9.17, 15) is 0 Å². The molecule has 0 bridgehead atoms. The van der Waals surface area contributed by atoms with E-state index in [0.717, 1.165) is 18.8 Å². The lowest BCUT2D eigenvalue weighted by atomic mass is 9.84. The fraction of sp³-hybridized carbons (Fsp3) is 0.706.